The number of nitrogens with zero attached hydrogens (tertiary/aromatic N) is 1. The van der Waals surface area contributed by atoms with Gasteiger partial charge in [0.2, 0.25) is 11.8 Å². The zero-order chi connectivity index (χ0) is 14.9. The van der Waals surface area contributed by atoms with Crippen molar-refractivity contribution < 1.29 is 14.3 Å². The second-order valence-electron chi connectivity index (χ2n) is 6.73. The summed E-state index contributed by atoms with van der Waals surface area (Å²) in [4.78, 5) is 26.9. The van der Waals surface area contributed by atoms with E-state index in [0.717, 1.165) is 51.6 Å². The Kier molecular flexibility index (Phi) is 4.20. The number of rotatable bonds is 3. The Labute approximate surface area is 126 Å². The molecule has 2 atom stereocenters. The molecule has 1 saturated carbocycles. The van der Waals surface area contributed by atoms with Crippen LogP contribution in [0.25, 0.3) is 0 Å². The summed E-state index contributed by atoms with van der Waals surface area (Å²) in [6, 6.07) is -0.354. The summed E-state index contributed by atoms with van der Waals surface area (Å²) in [6.45, 7) is 3.30. The molecule has 118 valence electrons. The van der Waals surface area contributed by atoms with E-state index in [-0.39, 0.29) is 24.0 Å². The molecule has 1 N–H and O–H groups in total. The average molecular weight is 294 g/mol. The average Bonchev–Trinajstić information content (AvgIpc) is 2.96. The molecule has 0 radical (unpaired) electrons. The number of hydrogen-bond acceptors (Lipinski definition) is 3. The molecular formula is C16H26N2O3. The summed E-state index contributed by atoms with van der Waals surface area (Å²) in [5.41, 5.74) is -0.600. The molecule has 1 aliphatic carbocycles. The lowest BCUT2D eigenvalue weighted by atomic mass is 9.90. The van der Waals surface area contributed by atoms with Gasteiger partial charge in [0.15, 0.2) is 0 Å². The van der Waals surface area contributed by atoms with Crippen LogP contribution in [0.15, 0.2) is 0 Å². The van der Waals surface area contributed by atoms with E-state index in [2.05, 4.69) is 5.32 Å². The van der Waals surface area contributed by atoms with Crippen molar-refractivity contribution in [3.05, 3.63) is 0 Å². The van der Waals surface area contributed by atoms with Crippen LogP contribution in [0.5, 0.6) is 0 Å². The number of carbonyl (C=O) groups excluding carboxylic acids is 2. The molecule has 0 aromatic carbocycles. The van der Waals surface area contributed by atoms with Gasteiger partial charge >= 0.3 is 0 Å². The zero-order valence-corrected chi connectivity index (χ0v) is 12.9. The van der Waals surface area contributed by atoms with E-state index in [4.69, 9.17) is 4.74 Å². The maximum atomic E-state index is 12.8. The van der Waals surface area contributed by atoms with E-state index < -0.39 is 5.54 Å². The van der Waals surface area contributed by atoms with Crippen LogP contribution >= 0.6 is 0 Å². The van der Waals surface area contributed by atoms with Crippen LogP contribution in [0.4, 0.5) is 0 Å². The van der Waals surface area contributed by atoms with E-state index in [1.807, 2.05) is 6.92 Å². The maximum absolute atomic E-state index is 12.8. The van der Waals surface area contributed by atoms with Crippen molar-refractivity contribution in [1.29, 1.82) is 0 Å². The van der Waals surface area contributed by atoms with E-state index in [1.165, 1.54) is 6.42 Å². The molecule has 0 aromatic rings. The highest BCUT2D eigenvalue weighted by atomic mass is 16.5. The van der Waals surface area contributed by atoms with Gasteiger partial charge < -0.3 is 15.0 Å². The SMILES string of the molecule is CC1C(=O)NC2(CCCC2)C(=O)N1CCC1CCCCO1. The first kappa shape index (κ1) is 14.8. The summed E-state index contributed by atoms with van der Waals surface area (Å²) in [5, 5.41) is 3.00. The van der Waals surface area contributed by atoms with Gasteiger partial charge in [0.1, 0.15) is 11.6 Å². The predicted molar refractivity (Wildman–Crippen MR) is 78.7 cm³/mol. The van der Waals surface area contributed by atoms with Gasteiger partial charge in [-0.2, -0.15) is 0 Å². The molecule has 1 spiro atoms. The van der Waals surface area contributed by atoms with Crippen LogP contribution in [-0.4, -0.2) is 47.6 Å². The molecule has 2 unspecified atom stereocenters. The van der Waals surface area contributed by atoms with Crippen molar-refractivity contribution in [2.45, 2.75) is 76.0 Å². The van der Waals surface area contributed by atoms with Crippen LogP contribution < -0.4 is 5.32 Å². The van der Waals surface area contributed by atoms with Gasteiger partial charge in [-0.25, -0.2) is 0 Å². The fourth-order valence-corrected chi connectivity index (χ4v) is 3.92. The number of carbonyl (C=O) groups is 2. The Hall–Kier alpha value is -1.10. The van der Waals surface area contributed by atoms with E-state index in [1.54, 1.807) is 4.90 Å². The fraction of sp³-hybridized carbons (Fsp3) is 0.875. The Morgan fingerprint density at radius 1 is 1.24 bits per heavy atom. The van der Waals surface area contributed by atoms with Crippen LogP contribution in [0.3, 0.4) is 0 Å². The largest absolute Gasteiger partial charge is 0.378 e. The fourth-order valence-electron chi connectivity index (χ4n) is 3.92. The first-order valence-corrected chi connectivity index (χ1v) is 8.37. The van der Waals surface area contributed by atoms with Crippen molar-refractivity contribution in [3.8, 4) is 0 Å². The molecular weight excluding hydrogens is 268 g/mol. The smallest absolute Gasteiger partial charge is 0.248 e. The minimum atomic E-state index is -0.600. The van der Waals surface area contributed by atoms with Gasteiger partial charge in [0, 0.05) is 13.2 Å². The molecule has 3 fully saturated rings. The summed E-state index contributed by atoms with van der Waals surface area (Å²) in [6.07, 6.45) is 8.16. The molecule has 2 aliphatic heterocycles. The van der Waals surface area contributed by atoms with Gasteiger partial charge in [-0.15, -0.1) is 0 Å². The zero-order valence-electron chi connectivity index (χ0n) is 12.9. The third-order valence-corrected chi connectivity index (χ3v) is 5.30. The van der Waals surface area contributed by atoms with Crippen LogP contribution in [0.2, 0.25) is 0 Å². The van der Waals surface area contributed by atoms with Crippen LogP contribution in [0.1, 0.15) is 58.3 Å². The van der Waals surface area contributed by atoms with Gasteiger partial charge in [-0.3, -0.25) is 9.59 Å². The lowest BCUT2D eigenvalue weighted by molar-refractivity contribution is -0.154. The summed E-state index contributed by atoms with van der Waals surface area (Å²) >= 11 is 0. The van der Waals surface area contributed by atoms with E-state index >= 15 is 0 Å². The number of nitrogens with one attached hydrogen (secondary N) is 1. The normalized spacial score (nSPS) is 32.5. The van der Waals surface area contributed by atoms with Gasteiger partial charge in [0.05, 0.1) is 6.10 Å². The minimum absolute atomic E-state index is 0.000984. The molecule has 0 aromatic heterocycles. The number of ether oxygens (including phenoxy) is 1. The Balaban J connectivity index is 1.66. The van der Waals surface area contributed by atoms with E-state index in [0.29, 0.717) is 6.54 Å². The van der Waals surface area contributed by atoms with Crippen molar-refractivity contribution in [3.63, 3.8) is 0 Å². The first-order chi connectivity index (χ1) is 10.1. The molecule has 5 nitrogen and oxygen atoms in total. The van der Waals surface area contributed by atoms with Crippen molar-refractivity contribution in [2.24, 2.45) is 0 Å². The molecule has 2 saturated heterocycles. The molecule has 21 heavy (non-hydrogen) atoms. The van der Waals surface area contributed by atoms with Crippen molar-refractivity contribution in [1.82, 2.24) is 10.2 Å². The molecule has 2 amide bonds. The molecule has 3 aliphatic rings. The standard InChI is InChI=1S/C16H26N2O3/c1-12-14(19)17-16(8-3-4-9-16)15(20)18(12)10-7-13-6-2-5-11-21-13/h12-13H,2-11H2,1H3,(H,17,19). The van der Waals surface area contributed by atoms with Crippen molar-refractivity contribution >= 4 is 11.8 Å². The summed E-state index contributed by atoms with van der Waals surface area (Å²) in [7, 11) is 0. The Morgan fingerprint density at radius 3 is 2.67 bits per heavy atom. The summed E-state index contributed by atoms with van der Waals surface area (Å²) in [5.74, 6) is 0.129. The monoisotopic (exact) mass is 294 g/mol. The van der Waals surface area contributed by atoms with E-state index in [9.17, 15) is 9.59 Å². The topological polar surface area (TPSA) is 58.6 Å². The third kappa shape index (κ3) is 2.80. The predicted octanol–water partition coefficient (Wildman–Crippen LogP) is 1.61. The maximum Gasteiger partial charge on any atom is 0.248 e. The Bertz CT molecular complexity index is 412. The third-order valence-electron chi connectivity index (χ3n) is 5.30. The Morgan fingerprint density at radius 2 is 2.00 bits per heavy atom. The second-order valence-corrected chi connectivity index (χ2v) is 6.73. The minimum Gasteiger partial charge on any atom is -0.378 e. The highest BCUT2D eigenvalue weighted by Crippen LogP contribution is 2.34. The lowest BCUT2D eigenvalue weighted by Crippen LogP contribution is -2.68. The van der Waals surface area contributed by atoms with Gasteiger partial charge in [-0.1, -0.05) is 12.8 Å². The lowest BCUT2D eigenvalue weighted by Gasteiger charge is -2.43. The van der Waals surface area contributed by atoms with Gasteiger partial charge in [-0.05, 0) is 45.4 Å². The second kappa shape index (κ2) is 5.95. The molecule has 5 heteroatoms. The quantitative estimate of drug-likeness (QED) is 0.860. The highest BCUT2D eigenvalue weighted by Gasteiger charge is 2.50. The number of amides is 2. The summed E-state index contributed by atoms with van der Waals surface area (Å²) < 4.78 is 5.74. The number of hydrogen-bond donors (Lipinski definition) is 1. The van der Waals surface area contributed by atoms with Crippen LogP contribution in [0, 0.1) is 0 Å². The van der Waals surface area contributed by atoms with Crippen molar-refractivity contribution in [2.75, 3.05) is 13.2 Å². The van der Waals surface area contributed by atoms with Gasteiger partial charge in [0.25, 0.3) is 0 Å². The van der Waals surface area contributed by atoms with Crippen LogP contribution in [-0.2, 0) is 14.3 Å². The number of piperazine rings is 1. The highest BCUT2D eigenvalue weighted by molar-refractivity contribution is 5.99. The molecule has 2 heterocycles. The first-order valence-electron chi connectivity index (χ1n) is 8.37. The molecule has 0 bridgehead atoms. The molecule has 3 rings (SSSR count).